The Balaban J connectivity index is 1.74. The normalized spacial score (nSPS) is 17.6. The van der Waals surface area contributed by atoms with Crippen LogP contribution in [-0.4, -0.2) is 22.6 Å². The molecule has 0 aromatic carbocycles. The number of aromatic nitrogens is 1. The highest BCUT2D eigenvalue weighted by Crippen LogP contribution is 2.28. The molecule has 0 unspecified atom stereocenters. The van der Waals surface area contributed by atoms with E-state index in [1.54, 1.807) is 6.92 Å². The third kappa shape index (κ3) is 2.21. The van der Waals surface area contributed by atoms with Gasteiger partial charge in [-0.25, -0.2) is 0 Å². The number of hydrazine groups is 1. The van der Waals surface area contributed by atoms with Crippen molar-refractivity contribution in [1.29, 1.82) is 0 Å². The van der Waals surface area contributed by atoms with E-state index in [9.17, 15) is 14.4 Å². The summed E-state index contributed by atoms with van der Waals surface area (Å²) in [6.45, 7) is 1.76. The van der Waals surface area contributed by atoms with Gasteiger partial charge in [-0.15, -0.1) is 0 Å². The second-order valence-corrected chi connectivity index (χ2v) is 5.47. The number of aryl methyl sites for hydroxylation is 1. The third-order valence-corrected chi connectivity index (χ3v) is 3.91. The molecule has 0 aliphatic heterocycles. The van der Waals surface area contributed by atoms with Gasteiger partial charge in [0.05, 0.1) is 0 Å². The number of H-pyrrole nitrogens is 1. The van der Waals surface area contributed by atoms with Gasteiger partial charge in [-0.2, -0.15) is 0 Å². The highest BCUT2D eigenvalue weighted by Gasteiger charge is 2.30. The number of ketones is 1. The summed E-state index contributed by atoms with van der Waals surface area (Å²) in [5, 5.41) is 0. The topological polar surface area (TPSA) is 91.1 Å². The Labute approximate surface area is 116 Å². The predicted octanol–water partition coefficient (Wildman–Crippen LogP) is 1.01. The zero-order chi connectivity index (χ0) is 14.3. The van der Waals surface area contributed by atoms with E-state index in [4.69, 9.17) is 0 Å². The molecular formula is C14H17N3O3. The van der Waals surface area contributed by atoms with Crippen LogP contribution in [0.5, 0.6) is 0 Å². The molecule has 0 bridgehead atoms. The number of fused-ring (bicyclic) bond motifs is 1. The number of carbonyl (C=O) groups excluding carboxylic acids is 3. The zero-order valence-corrected chi connectivity index (χ0v) is 11.3. The first-order valence-electron chi connectivity index (χ1n) is 6.92. The van der Waals surface area contributed by atoms with Crippen LogP contribution in [0.2, 0.25) is 0 Å². The maximum atomic E-state index is 12.1. The fourth-order valence-corrected chi connectivity index (χ4v) is 2.63. The minimum absolute atomic E-state index is 0.0369. The van der Waals surface area contributed by atoms with Crippen molar-refractivity contribution in [2.24, 2.45) is 5.92 Å². The number of nitrogens with one attached hydrogen (secondary N) is 3. The van der Waals surface area contributed by atoms with Crippen LogP contribution in [0.4, 0.5) is 0 Å². The van der Waals surface area contributed by atoms with Gasteiger partial charge in [-0.05, 0) is 38.2 Å². The largest absolute Gasteiger partial charge is 0.354 e. The Morgan fingerprint density at radius 2 is 1.95 bits per heavy atom. The fourth-order valence-electron chi connectivity index (χ4n) is 2.63. The molecule has 20 heavy (non-hydrogen) atoms. The molecule has 2 aliphatic rings. The van der Waals surface area contributed by atoms with Crippen LogP contribution < -0.4 is 10.9 Å². The first-order valence-corrected chi connectivity index (χ1v) is 6.92. The lowest BCUT2D eigenvalue weighted by molar-refractivity contribution is -0.123. The number of Topliss-reactive ketones (excluding diaryl/α,β-unsaturated/α-hetero) is 1. The molecule has 1 heterocycles. The van der Waals surface area contributed by atoms with Crippen LogP contribution in [0.3, 0.4) is 0 Å². The average Bonchev–Trinajstić information content (AvgIpc) is 3.21. The van der Waals surface area contributed by atoms with Crippen molar-refractivity contribution in [3.63, 3.8) is 0 Å². The van der Waals surface area contributed by atoms with Crippen molar-refractivity contribution in [2.75, 3.05) is 0 Å². The number of amides is 2. The van der Waals surface area contributed by atoms with E-state index in [0.29, 0.717) is 23.2 Å². The quantitative estimate of drug-likeness (QED) is 0.703. The van der Waals surface area contributed by atoms with Gasteiger partial charge in [0.2, 0.25) is 5.91 Å². The van der Waals surface area contributed by atoms with Crippen molar-refractivity contribution in [3.05, 3.63) is 22.5 Å². The minimum atomic E-state index is -0.404. The summed E-state index contributed by atoms with van der Waals surface area (Å²) in [5.41, 5.74) is 7.33. The van der Waals surface area contributed by atoms with E-state index in [1.807, 2.05) is 0 Å². The number of rotatable bonds is 2. The summed E-state index contributed by atoms with van der Waals surface area (Å²) in [5.74, 6) is -0.432. The molecule has 6 nitrogen and oxygen atoms in total. The van der Waals surface area contributed by atoms with Gasteiger partial charge in [0.15, 0.2) is 5.78 Å². The summed E-state index contributed by atoms with van der Waals surface area (Å²) in [6.07, 6.45) is 3.89. The van der Waals surface area contributed by atoms with Gasteiger partial charge in [-0.1, -0.05) is 0 Å². The van der Waals surface area contributed by atoms with Crippen LogP contribution in [0, 0.1) is 12.8 Å². The van der Waals surface area contributed by atoms with Gasteiger partial charge in [0.25, 0.3) is 5.91 Å². The minimum Gasteiger partial charge on any atom is -0.354 e. The molecule has 0 saturated heterocycles. The average molecular weight is 275 g/mol. The maximum absolute atomic E-state index is 12.1. The van der Waals surface area contributed by atoms with Crippen LogP contribution >= 0.6 is 0 Å². The Morgan fingerprint density at radius 3 is 2.60 bits per heavy atom. The van der Waals surface area contributed by atoms with Gasteiger partial charge in [-0.3, -0.25) is 25.2 Å². The Kier molecular flexibility index (Phi) is 3.08. The van der Waals surface area contributed by atoms with E-state index in [2.05, 4.69) is 15.8 Å². The molecule has 0 atom stereocenters. The first kappa shape index (κ1) is 12.9. The van der Waals surface area contributed by atoms with E-state index < -0.39 is 5.91 Å². The number of aromatic amines is 1. The van der Waals surface area contributed by atoms with Crippen molar-refractivity contribution >= 4 is 17.6 Å². The molecule has 106 valence electrons. The van der Waals surface area contributed by atoms with Crippen LogP contribution in [0.25, 0.3) is 0 Å². The molecule has 1 saturated carbocycles. The molecule has 0 radical (unpaired) electrons. The molecule has 1 aromatic rings. The number of carbonyl (C=O) groups is 3. The predicted molar refractivity (Wildman–Crippen MR) is 71.1 cm³/mol. The van der Waals surface area contributed by atoms with E-state index in [1.165, 1.54) is 0 Å². The SMILES string of the molecule is Cc1c(C(=O)NNC(=O)C2CC2)[nH]c2c1C(=O)CCC2. The Bertz CT molecular complexity index is 599. The van der Waals surface area contributed by atoms with Gasteiger partial charge >= 0.3 is 0 Å². The highest BCUT2D eigenvalue weighted by atomic mass is 16.2. The lowest BCUT2D eigenvalue weighted by Gasteiger charge is -2.09. The number of hydrogen-bond acceptors (Lipinski definition) is 3. The Morgan fingerprint density at radius 1 is 1.20 bits per heavy atom. The smallest absolute Gasteiger partial charge is 0.286 e. The molecule has 2 aliphatic carbocycles. The fraction of sp³-hybridized carbons (Fsp3) is 0.500. The van der Waals surface area contributed by atoms with Gasteiger partial charge < -0.3 is 4.98 Å². The van der Waals surface area contributed by atoms with E-state index in [0.717, 1.165) is 31.4 Å². The summed E-state index contributed by atoms with van der Waals surface area (Å²) >= 11 is 0. The van der Waals surface area contributed by atoms with Crippen LogP contribution in [0.15, 0.2) is 0 Å². The van der Waals surface area contributed by atoms with Crippen LogP contribution in [-0.2, 0) is 11.2 Å². The summed E-state index contributed by atoms with van der Waals surface area (Å²) in [6, 6.07) is 0. The molecule has 3 N–H and O–H groups in total. The van der Waals surface area contributed by atoms with Crippen molar-refractivity contribution < 1.29 is 14.4 Å². The monoisotopic (exact) mass is 275 g/mol. The lowest BCUT2D eigenvalue weighted by atomic mass is 9.94. The van der Waals surface area contributed by atoms with Crippen molar-refractivity contribution in [3.8, 4) is 0 Å². The molecule has 1 aromatic heterocycles. The zero-order valence-electron chi connectivity index (χ0n) is 11.3. The summed E-state index contributed by atoms with van der Waals surface area (Å²) in [4.78, 5) is 38.5. The van der Waals surface area contributed by atoms with Crippen molar-refractivity contribution in [2.45, 2.75) is 39.0 Å². The second kappa shape index (κ2) is 4.77. The maximum Gasteiger partial charge on any atom is 0.286 e. The first-order chi connectivity index (χ1) is 9.58. The second-order valence-electron chi connectivity index (χ2n) is 5.47. The molecule has 1 fully saturated rings. The lowest BCUT2D eigenvalue weighted by Crippen LogP contribution is -2.42. The Hall–Kier alpha value is -2.11. The highest BCUT2D eigenvalue weighted by molar-refractivity contribution is 6.04. The van der Waals surface area contributed by atoms with Crippen LogP contribution in [0.1, 0.15) is 57.8 Å². The standard InChI is InChI=1S/C14H17N3O3/c1-7-11-9(3-2-4-10(11)18)15-12(7)14(20)17-16-13(19)8-5-6-8/h8,15H,2-6H2,1H3,(H,16,19)(H,17,20). The molecular weight excluding hydrogens is 258 g/mol. The third-order valence-electron chi connectivity index (χ3n) is 3.91. The van der Waals surface area contributed by atoms with Crippen molar-refractivity contribution in [1.82, 2.24) is 15.8 Å². The molecule has 6 heteroatoms. The van der Waals surface area contributed by atoms with E-state index >= 15 is 0 Å². The summed E-state index contributed by atoms with van der Waals surface area (Å²) in [7, 11) is 0. The molecule has 2 amide bonds. The van der Waals surface area contributed by atoms with E-state index in [-0.39, 0.29) is 17.6 Å². The number of hydrogen-bond donors (Lipinski definition) is 3. The molecule has 3 rings (SSSR count). The van der Waals surface area contributed by atoms with Gasteiger partial charge in [0, 0.05) is 23.6 Å². The molecule has 0 spiro atoms. The van der Waals surface area contributed by atoms with Gasteiger partial charge in [0.1, 0.15) is 5.69 Å². The summed E-state index contributed by atoms with van der Waals surface area (Å²) < 4.78 is 0.